The van der Waals surface area contributed by atoms with Gasteiger partial charge in [-0.25, -0.2) is 18.3 Å². The number of aromatic nitrogens is 3. The van der Waals surface area contributed by atoms with Crippen molar-refractivity contribution in [2.24, 2.45) is 17.1 Å². The molecule has 1 aromatic heterocycles. The number of nitrogens with zero attached hydrogens (tertiary/aromatic N) is 3. The Morgan fingerprint density at radius 1 is 1.03 bits per heavy atom. The SMILES string of the molecule is CC(C)(CCO)C(=O)NCc1cn(-c2cccc(C(=O)NC(CCCCN)C(=O)COc3c(F)cccc3F)c2)nn1.CC(C)CCNC(=O)CCCCC1SCC2NC(=O)NC21. The van der Waals surface area contributed by atoms with E-state index in [-0.39, 0.29) is 49.0 Å². The minimum absolute atomic E-state index is 0.0279. The van der Waals surface area contributed by atoms with E-state index in [2.05, 4.69) is 50.7 Å². The van der Waals surface area contributed by atoms with Gasteiger partial charge < -0.3 is 42.2 Å². The molecule has 2 fully saturated rings. The Bertz CT molecular complexity index is 1960. The molecule has 16 nitrogen and oxygen atoms in total. The first kappa shape index (κ1) is 50.5. The van der Waals surface area contributed by atoms with Crippen molar-refractivity contribution in [1.82, 2.24) is 41.6 Å². The lowest BCUT2D eigenvalue weighted by atomic mass is 9.89. The number of carbonyl (C=O) groups excluding carboxylic acids is 5. The Morgan fingerprint density at radius 3 is 2.49 bits per heavy atom. The molecule has 5 rings (SSSR count). The fourth-order valence-electron chi connectivity index (χ4n) is 6.87. The average molecular weight is 900 g/mol. The van der Waals surface area contributed by atoms with Crippen molar-refractivity contribution < 1.29 is 42.6 Å². The van der Waals surface area contributed by atoms with Gasteiger partial charge in [0, 0.05) is 41.6 Å². The number of Topliss-reactive ketones (excluding diaryl/α,β-unsaturated/α-hetero) is 1. The summed E-state index contributed by atoms with van der Waals surface area (Å²) in [6.07, 6.45) is 8.06. The van der Waals surface area contributed by atoms with Gasteiger partial charge in [0.05, 0.1) is 36.6 Å². The van der Waals surface area contributed by atoms with E-state index in [4.69, 9.17) is 15.6 Å². The first-order valence-electron chi connectivity index (χ1n) is 21.6. The summed E-state index contributed by atoms with van der Waals surface area (Å²) in [5.74, 6) is -2.06. The number of carbonyl (C=O) groups is 5. The van der Waals surface area contributed by atoms with Crippen molar-refractivity contribution >= 4 is 41.3 Å². The lowest BCUT2D eigenvalue weighted by Gasteiger charge is -2.21. The van der Waals surface area contributed by atoms with Crippen LogP contribution in [0.1, 0.15) is 102 Å². The van der Waals surface area contributed by atoms with Gasteiger partial charge in [0.1, 0.15) is 12.3 Å². The summed E-state index contributed by atoms with van der Waals surface area (Å²) in [5.41, 5.74) is 6.06. The molecule has 0 aliphatic carbocycles. The predicted octanol–water partition coefficient (Wildman–Crippen LogP) is 4.32. The van der Waals surface area contributed by atoms with E-state index in [1.165, 1.54) is 10.7 Å². The number of aliphatic hydroxyl groups excluding tert-OH is 1. The molecule has 2 aromatic carbocycles. The molecule has 2 aliphatic heterocycles. The van der Waals surface area contributed by atoms with E-state index >= 15 is 0 Å². The second-order valence-electron chi connectivity index (χ2n) is 16.8. The number of ketones is 1. The van der Waals surface area contributed by atoms with Crippen molar-refractivity contribution in [3.8, 4) is 11.4 Å². The summed E-state index contributed by atoms with van der Waals surface area (Å²) < 4.78 is 34.4. The summed E-state index contributed by atoms with van der Waals surface area (Å²) in [5, 5.41) is 32.2. The highest BCUT2D eigenvalue weighted by Crippen LogP contribution is 2.33. The van der Waals surface area contributed by atoms with Crippen LogP contribution in [0.15, 0.2) is 48.7 Å². The zero-order chi connectivity index (χ0) is 45.9. The van der Waals surface area contributed by atoms with Crippen molar-refractivity contribution in [3.63, 3.8) is 0 Å². The van der Waals surface area contributed by atoms with E-state index in [1.54, 1.807) is 44.3 Å². The van der Waals surface area contributed by atoms with Gasteiger partial charge >= 0.3 is 6.03 Å². The van der Waals surface area contributed by atoms with E-state index in [0.717, 1.165) is 50.1 Å². The Morgan fingerprint density at radius 2 is 1.78 bits per heavy atom. The molecule has 8 N–H and O–H groups in total. The highest BCUT2D eigenvalue weighted by atomic mass is 32.2. The molecule has 2 aliphatic rings. The number of nitrogens with one attached hydrogen (secondary N) is 5. The van der Waals surface area contributed by atoms with Crippen LogP contribution in [0.2, 0.25) is 0 Å². The summed E-state index contributed by atoms with van der Waals surface area (Å²) in [6.45, 7) is 8.36. The van der Waals surface area contributed by atoms with Crippen LogP contribution < -0.4 is 37.1 Å². The number of hydrogen-bond acceptors (Lipinski definition) is 11. The smallest absolute Gasteiger partial charge is 0.315 e. The normalized spacial score (nSPS) is 17.2. The number of amides is 5. The highest BCUT2D eigenvalue weighted by molar-refractivity contribution is 8.00. The zero-order valence-corrected chi connectivity index (χ0v) is 37.4. The van der Waals surface area contributed by atoms with E-state index in [0.29, 0.717) is 60.8 Å². The fraction of sp³-hybridized carbons (Fsp3) is 0.568. The molecule has 2 saturated heterocycles. The van der Waals surface area contributed by atoms with Gasteiger partial charge in [-0.15, -0.1) is 5.10 Å². The van der Waals surface area contributed by atoms with Crippen LogP contribution in [0.4, 0.5) is 13.6 Å². The Labute approximate surface area is 372 Å². The van der Waals surface area contributed by atoms with Crippen molar-refractivity contribution in [3.05, 3.63) is 71.6 Å². The maximum absolute atomic E-state index is 13.9. The fourth-order valence-corrected chi connectivity index (χ4v) is 8.42. The van der Waals surface area contributed by atoms with E-state index in [9.17, 15) is 32.8 Å². The highest BCUT2D eigenvalue weighted by Gasteiger charge is 2.42. The summed E-state index contributed by atoms with van der Waals surface area (Å²) >= 11 is 1.93. The molecule has 5 amide bonds. The third kappa shape index (κ3) is 16.2. The number of unbranched alkanes of at least 4 members (excludes halogenated alkanes) is 2. The maximum Gasteiger partial charge on any atom is 0.315 e. The number of rotatable bonds is 24. The van der Waals surface area contributed by atoms with Crippen LogP contribution in [-0.2, 0) is 20.9 Å². The molecule has 63 heavy (non-hydrogen) atoms. The molecule has 19 heteroatoms. The monoisotopic (exact) mass is 899 g/mol. The molecule has 0 saturated carbocycles. The Hall–Kier alpha value is -5.14. The lowest BCUT2D eigenvalue weighted by Crippen LogP contribution is -2.43. The van der Waals surface area contributed by atoms with Gasteiger partial charge in [0.25, 0.3) is 5.91 Å². The van der Waals surface area contributed by atoms with Crippen molar-refractivity contribution in [2.45, 2.75) is 115 Å². The average Bonchev–Trinajstić information content (AvgIpc) is 3.97. The summed E-state index contributed by atoms with van der Waals surface area (Å²) in [6, 6.07) is 9.26. The number of thioether (sulfide) groups is 1. The van der Waals surface area contributed by atoms with Crippen LogP contribution in [0.3, 0.4) is 0 Å². The first-order valence-corrected chi connectivity index (χ1v) is 22.6. The van der Waals surface area contributed by atoms with Gasteiger partial charge in [0.2, 0.25) is 11.8 Å². The number of fused-ring (bicyclic) bond motifs is 1. The number of hydrogen-bond donors (Lipinski definition) is 7. The largest absolute Gasteiger partial charge is 0.480 e. The van der Waals surface area contributed by atoms with Crippen LogP contribution >= 0.6 is 11.8 Å². The molecule has 3 heterocycles. The number of ether oxygens (including phenoxy) is 1. The topological polar surface area (TPSA) is 232 Å². The molecular weight excluding hydrogens is 837 g/mol. The molecule has 0 spiro atoms. The number of nitrogens with two attached hydrogens (primary N) is 1. The number of para-hydroxylation sites is 1. The molecule has 346 valence electrons. The molecule has 3 aromatic rings. The van der Waals surface area contributed by atoms with Gasteiger partial charge in [0.15, 0.2) is 23.2 Å². The van der Waals surface area contributed by atoms with Crippen molar-refractivity contribution in [1.29, 1.82) is 0 Å². The minimum Gasteiger partial charge on any atom is -0.480 e. The lowest BCUT2D eigenvalue weighted by molar-refractivity contribution is -0.130. The number of halogens is 2. The van der Waals surface area contributed by atoms with Gasteiger partial charge in [-0.1, -0.05) is 51.5 Å². The second kappa shape index (κ2) is 25.2. The predicted molar refractivity (Wildman–Crippen MR) is 236 cm³/mol. The third-order valence-corrected chi connectivity index (χ3v) is 12.2. The maximum atomic E-state index is 13.9. The molecule has 4 unspecified atom stereocenters. The van der Waals surface area contributed by atoms with Gasteiger partial charge in [-0.3, -0.25) is 19.2 Å². The molecule has 0 radical (unpaired) electrons. The standard InChI is InChI=1S/C29H36F2N6O5.C15H27N3O2S/c1-29(2,12-14-38)28(41)33-16-20-17-37(36-35-20)21-8-5-7-19(15-21)27(40)34-24(11-3-4-13-32)25(39)18-42-26-22(30)9-6-10-23(26)31;1-10(2)7-8-16-13(19)6-4-3-5-12-14-11(9-21-12)17-15(20)18-14/h5-10,15,17,24,38H,3-4,11-14,16,18,32H2,1-2H3,(H,33,41)(H,34,40);10-12,14H,3-9H2,1-2H3,(H,16,19)(H2,17,18,20). The number of aliphatic hydroxyl groups is 1. The quantitative estimate of drug-likeness (QED) is 0.0495. The minimum atomic E-state index is -0.973. The zero-order valence-electron chi connectivity index (χ0n) is 36.6. The van der Waals surface area contributed by atoms with E-state index in [1.807, 2.05) is 11.8 Å². The van der Waals surface area contributed by atoms with E-state index < -0.39 is 47.1 Å². The van der Waals surface area contributed by atoms with Crippen LogP contribution in [-0.4, -0.2) is 105 Å². The Balaban J connectivity index is 0.000000346. The van der Waals surface area contributed by atoms with Gasteiger partial charge in [-0.2, -0.15) is 11.8 Å². The summed E-state index contributed by atoms with van der Waals surface area (Å²) in [7, 11) is 0. The third-order valence-electron chi connectivity index (χ3n) is 10.7. The van der Waals surface area contributed by atoms with Crippen LogP contribution in [0.5, 0.6) is 5.75 Å². The number of benzene rings is 2. The van der Waals surface area contributed by atoms with Crippen molar-refractivity contribution in [2.75, 3.05) is 32.1 Å². The molecule has 0 bridgehead atoms. The second-order valence-corrected chi connectivity index (χ2v) is 18.0. The number of urea groups is 1. The molecular formula is C44H63F2N9O7S. The van der Waals surface area contributed by atoms with Crippen LogP contribution in [0.25, 0.3) is 5.69 Å². The Kier molecular flexibility index (Phi) is 20.2. The first-order chi connectivity index (χ1) is 30.1. The van der Waals surface area contributed by atoms with Crippen LogP contribution in [0, 0.1) is 23.0 Å². The van der Waals surface area contributed by atoms with Gasteiger partial charge in [-0.05, 0) is 87.7 Å². The molecule has 4 atom stereocenters. The summed E-state index contributed by atoms with van der Waals surface area (Å²) in [4.78, 5) is 61.4.